The van der Waals surface area contributed by atoms with Crippen molar-refractivity contribution in [1.82, 2.24) is 0 Å². The molecule has 0 aromatic heterocycles. The Hall–Kier alpha value is -3.40. The number of anilines is 2. The summed E-state index contributed by atoms with van der Waals surface area (Å²) in [6.45, 7) is 3.39. The van der Waals surface area contributed by atoms with Crippen molar-refractivity contribution < 1.29 is 9.59 Å². The summed E-state index contributed by atoms with van der Waals surface area (Å²) >= 11 is 0. The first-order valence-corrected chi connectivity index (χ1v) is 9.94. The zero-order chi connectivity index (χ0) is 20.2. The highest BCUT2D eigenvalue weighted by atomic mass is 16.1. The zero-order valence-electron chi connectivity index (χ0n) is 16.5. The molecule has 1 aliphatic rings. The van der Waals surface area contributed by atoms with E-state index in [0.29, 0.717) is 16.8 Å². The van der Waals surface area contributed by atoms with Crippen LogP contribution in [0.5, 0.6) is 0 Å². The van der Waals surface area contributed by atoms with Crippen molar-refractivity contribution >= 4 is 23.1 Å². The van der Waals surface area contributed by atoms with E-state index in [1.54, 1.807) is 24.3 Å². The van der Waals surface area contributed by atoms with Crippen LogP contribution in [0.25, 0.3) is 0 Å². The second-order valence-corrected chi connectivity index (χ2v) is 7.44. The molecule has 3 aromatic rings. The van der Waals surface area contributed by atoms with E-state index in [0.717, 1.165) is 25.9 Å². The van der Waals surface area contributed by atoms with Crippen molar-refractivity contribution in [1.29, 1.82) is 0 Å². The third kappa shape index (κ3) is 4.37. The molecule has 0 radical (unpaired) electrons. The molecule has 0 atom stereocenters. The third-order valence-electron chi connectivity index (χ3n) is 5.32. The summed E-state index contributed by atoms with van der Waals surface area (Å²) in [5.41, 5.74) is 5.70. The molecule has 4 heteroatoms. The third-order valence-corrected chi connectivity index (χ3v) is 5.32. The SMILES string of the molecule is CC(=O)c1cccc(NC(=O)c2ccc(CN3CCCc4ccccc43)cc2)c1. The van der Waals surface area contributed by atoms with Gasteiger partial charge in [-0.15, -0.1) is 0 Å². The van der Waals surface area contributed by atoms with Crippen LogP contribution in [0.1, 0.15) is 45.2 Å². The molecule has 0 spiro atoms. The van der Waals surface area contributed by atoms with Crippen LogP contribution in [0.2, 0.25) is 0 Å². The second-order valence-electron chi connectivity index (χ2n) is 7.44. The van der Waals surface area contributed by atoms with Gasteiger partial charge in [-0.25, -0.2) is 0 Å². The minimum absolute atomic E-state index is 0.0234. The lowest BCUT2D eigenvalue weighted by Gasteiger charge is -2.31. The summed E-state index contributed by atoms with van der Waals surface area (Å²) in [7, 11) is 0. The van der Waals surface area contributed by atoms with Crippen LogP contribution in [-0.4, -0.2) is 18.2 Å². The molecular formula is C25H24N2O2. The topological polar surface area (TPSA) is 49.4 Å². The summed E-state index contributed by atoms with van der Waals surface area (Å²) in [6.07, 6.45) is 2.30. The van der Waals surface area contributed by atoms with Crippen molar-refractivity contribution in [2.24, 2.45) is 0 Å². The number of para-hydroxylation sites is 1. The molecule has 0 aliphatic carbocycles. The Morgan fingerprint density at radius 3 is 2.52 bits per heavy atom. The number of nitrogens with one attached hydrogen (secondary N) is 1. The fourth-order valence-corrected chi connectivity index (χ4v) is 3.78. The number of carbonyl (C=O) groups excluding carboxylic acids is 2. The minimum Gasteiger partial charge on any atom is -0.367 e. The van der Waals surface area contributed by atoms with Gasteiger partial charge in [-0.2, -0.15) is 0 Å². The maximum Gasteiger partial charge on any atom is 0.255 e. The highest BCUT2D eigenvalue weighted by Crippen LogP contribution is 2.28. The van der Waals surface area contributed by atoms with Gasteiger partial charge in [0.15, 0.2) is 5.78 Å². The molecule has 0 bridgehead atoms. The maximum atomic E-state index is 12.6. The van der Waals surface area contributed by atoms with Crippen molar-refractivity contribution in [3.8, 4) is 0 Å². The first-order chi connectivity index (χ1) is 14.1. The molecule has 1 N–H and O–H groups in total. The van der Waals surface area contributed by atoms with Crippen molar-refractivity contribution in [3.63, 3.8) is 0 Å². The van der Waals surface area contributed by atoms with Crippen LogP contribution in [0.4, 0.5) is 11.4 Å². The molecule has 29 heavy (non-hydrogen) atoms. The number of hydrogen-bond acceptors (Lipinski definition) is 3. The summed E-state index contributed by atoms with van der Waals surface area (Å²) in [4.78, 5) is 26.5. The monoisotopic (exact) mass is 384 g/mol. The van der Waals surface area contributed by atoms with E-state index in [9.17, 15) is 9.59 Å². The predicted molar refractivity (Wildman–Crippen MR) is 117 cm³/mol. The van der Waals surface area contributed by atoms with Crippen LogP contribution < -0.4 is 10.2 Å². The average molecular weight is 384 g/mol. The van der Waals surface area contributed by atoms with E-state index in [-0.39, 0.29) is 11.7 Å². The fourth-order valence-electron chi connectivity index (χ4n) is 3.78. The molecule has 4 nitrogen and oxygen atoms in total. The number of rotatable bonds is 5. The standard InChI is InChI=1S/C25H24N2O2/c1-18(28)22-7-4-9-23(16-22)26-25(29)21-13-11-19(12-14-21)17-27-15-5-8-20-6-2-3-10-24(20)27/h2-4,6-7,9-14,16H,5,8,15,17H2,1H3,(H,26,29). The lowest BCUT2D eigenvalue weighted by molar-refractivity contribution is 0.101. The van der Waals surface area contributed by atoms with Crippen molar-refractivity contribution in [3.05, 3.63) is 95.1 Å². The molecule has 0 saturated carbocycles. The normalized spacial score (nSPS) is 12.9. The van der Waals surface area contributed by atoms with Crippen LogP contribution >= 0.6 is 0 Å². The first-order valence-electron chi connectivity index (χ1n) is 9.94. The Labute approximate surface area is 171 Å². The van der Waals surface area contributed by atoms with Gasteiger partial charge in [0.05, 0.1) is 0 Å². The highest BCUT2D eigenvalue weighted by Gasteiger charge is 2.16. The lowest BCUT2D eigenvalue weighted by atomic mass is 10.0. The Bertz CT molecular complexity index is 1040. The summed E-state index contributed by atoms with van der Waals surface area (Å²) in [5, 5.41) is 2.87. The van der Waals surface area contributed by atoms with E-state index in [1.165, 1.54) is 23.7 Å². The molecule has 1 amide bonds. The highest BCUT2D eigenvalue weighted by molar-refractivity contribution is 6.05. The number of carbonyl (C=O) groups is 2. The number of amides is 1. The van der Waals surface area contributed by atoms with E-state index in [1.807, 2.05) is 24.3 Å². The van der Waals surface area contributed by atoms with E-state index in [2.05, 4.69) is 34.5 Å². The second kappa shape index (κ2) is 8.31. The largest absolute Gasteiger partial charge is 0.367 e. The Balaban J connectivity index is 1.44. The van der Waals surface area contributed by atoms with E-state index in [4.69, 9.17) is 0 Å². The Kier molecular flexibility index (Phi) is 5.43. The first kappa shape index (κ1) is 18.9. The fraction of sp³-hybridized carbons (Fsp3) is 0.200. The van der Waals surface area contributed by atoms with Gasteiger partial charge in [-0.05, 0) is 61.2 Å². The minimum atomic E-state index is -0.180. The molecule has 0 fully saturated rings. The smallest absolute Gasteiger partial charge is 0.255 e. The number of hydrogen-bond donors (Lipinski definition) is 1. The van der Waals surface area contributed by atoms with Gasteiger partial charge in [0, 0.05) is 35.6 Å². The van der Waals surface area contributed by atoms with E-state index >= 15 is 0 Å². The van der Waals surface area contributed by atoms with Gasteiger partial charge < -0.3 is 10.2 Å². The number of Topliss-reactive ketones (excluding diaryl/α,β-unsaturated/α-hetero) is 1. The summed E-state index contributed by atoms with van der Waals surface area (Å²) < 4.78 is 0. The lowest BCUT2D eigenvalue weighted by Crippen LogP contribution is -2.28. The van der Waals surface area contributed by atoms with Crippen molar-refractivity contribution in [2.75, 3.05) is 16.8 Å². The van der Waals surface area contributed by atoms with Crippen LogP contribution in [0.15, 0.2) is 72.8 Å². The van der Waals surface area contributed by atoms with Crippen LogP contribution in [0.3, 0.4) is 0 Å². The van der Waals surface area contributed by atoms with Gasteiger partial charge in [0.2, 0.25) is 0 Å². The Morgan fingerprint density at radius 2 is 1.72 bits per heavy atom. The molecule has 3 aromatic carbocycles. The number of aryl methyl sites for hydroxylation is 1. The zero-order valence-corrected chi connectivity index (χ0v) is 16.5. The molecule has 4 rings (SSSR count). The molecular weight excluding hydrogens is 360 g/mol. The summed E-state index contributed by atoms with van der Waals surface area (Å²) in [5.74, 6) is -0.203. The van der Waals surface area contributed by atoms with E-state index < -0.39 is 0 Å². The Morgan fingerprint density at radius 1 is 0.931 bits per heavy atom. The average Bonchev–Trinajstić information content (AvgIpc) is 2.75. The summed E-state index contributed by atoms with van der Waals surface area (Å²) in [6, 6.07) is 23.3. The number of fused-ring (bicyclic) bond motifs is 1. The van der Waals surface area contributed by atoms with Gasteiger partial charge in [0.25, 0.3) is 5.91 Å². The maximum absolute atomic E-state index is 12.6. The van der Waals surface area contributed by atoms with Gasteiger partial charge in [-0.1, -0.05) is 42.5 Å². The van der Waals surface area contributed by atoms with Gasteiger partial charge in [0.1, 0.15) is 0 Å². The molecule has 0 saturated heterocycles. The number of nitrogens with zero attached hydrogens (tertiary/aromatic N) is 1. The molecule has 146 valence electrons. The number of benzene rings is 3. The van der Waals surface area contributed by atoms with Crippen LogP contribution in [0, 0.1) is 0 Å². The van der Waals surface area contributed by atoms with Gasteiger partial charge in [-0.3, -0.25) is 9.59 Å². The number of ketones is 1. The molecule has 1 heterocycles. The molecule has 0 unspecified atom stereocenters. The van der Waals surface area contributed by atoms with Crippen molar-refractivity contribution in [2.45, 2.75) is 26.3 Å². The molecule has 1 aliphatic heterocycles. The quantitative estimate of drug-likeness (QED) is 0.623. The van der Waals surface area contributed by atoms with Crippen LogP contribution in [-0.2, 0) is 13.0 Å². The predicted octanol–water partition coefficient (Wildman–Crippen LogP) is 5.09. The van der Waals surface area contributed by atoms with Gasteiger partial charge >= 0.3 is 0 Å².